The van der Waals surface area contributed by atoms with Crippen LogP contribution in [0.5, 0.6) is 5.75 Å². The van der Waals surface area contributed by atoms with E-state index >= 15 is 0 Å². The number of unbranched alkanes of at least 4 members (excludes halogenated alkanes) is 5. The molecule has 2 aromatic rings. The Bertz CT molecular complexity index is 586. The number of nitrogens with one attached hydrogen (secondary N) is 1. The number of methoxy groups -OCH3 is 1. The third-order valence-corrected chi connectivity index (χ3v) is 3.95. The molecule has 0 saturated carbocycles. The zero-order chi connectivity index (χ0) is 15.1. The molecule has 1 aromatic heterocycles. The van der Waals surface area contributed by atoms with Gasteiger partial charge in [-0.3, -0.25) is 4.79 Å². The van der Waals surface area contributed by atoms with E-state index in [1.165, 1.54) is 25.7 Å². The Morgan fingerprint density at radius 1 is 1.14 bits per heavy atom. The molecule has 0 atom stereocenters. The highest BCUT2D eigenvalue weighted by Crippen LogP contribution is 2.25. The van der Waals surface area contributed by atoms with Crippen molar-refractivity contribution in [3.8, 4) is 5.75 Å². The maximum Gasteiger partial charge on any atom is 0.165 e. The van der Waals surface area contributed by atoms with Crippen molar-refractivity contribution >= 4 is 16.7 Å². The standard InChI is InChI=1S/C18H25NO2/c1-3-4-5-6-7-8-9-18(20)16-13-19-17-11-10-14(21-2)12-15(16)17/h10-13,19H,3-9H2,1-2H3. The molecule has 0 fully saturated rings. The Kier molecular flexibility index (Phi) is 5.85. The molecule has 21 heavy (non-hydrogen) atoms. The molecule has 1 N–H and O–H groups in total. The summed E-state index contributed by atoms with van der Waals surface area (Å²) < 4.78 is 5.24. The van der Waals surface area contributed by atoms with Crippen LogP contribution in [0.25, 0.3) is 10.9 Å². The van der Waals surface area contributed by atoms with Crippen molar-refractivity contribution in [3.05, 3.63) is 30.0 Å². The second kappa shape index (κ2) is 7.87. The monoisotopic (exact) mass is 287 g/mol. The molecule has 0 aliphatic carbocycles. The van der Waals surface area contributed by atoms with E-state index in [0.29, 0.717) is 6.42 Å². The summed E-state index contributed by atoms with van der Waals surface area (Å²) in [6.07, 6.45) is 9.68. The molecule has 0 spiro atoms. The summed E-state index contributed by atoms with van der Waals surface area (Å²) in [5.74, 6) is 1.01. The highest BCUT2D eigenvalue weighted by molar-refractivity contribution is 6.08. The van der Waals surface area contributed by atoms with Crippen LogP contribution in [0.15, 0.2) is 24.4 Å². The number of carbonyl (C=O) groups excluding carboxylic acids is 1. The Hall–Kier alpha value is -1.77. The average Bonchev–Trinajstić information content (AvgIpc) is 2.93. The van der Waals surface area contributed by atoms with Crippen LogP contribution in [0.1, 0.15) is 62.2 Å². The first-order valence-electron chi connectivity index (χ1n) is 7.94. The molecule has 0 amide bonds. The predicted molar refractivity (Wildman–Crippen MR) is 87.2 cm³/mol. The van der Waals surface area contributed by atoms with Crippen molar-refractivity contribution in [1.29, 1.82) is 0 Å². The second-order valence-corrected chi connectivity index (χ2v) is 5.55. The first-order valence-corrected chi connectivity index (χ1v) is 7.94. The summed E-state index contributed by atoms with van der Waals surface area (Å²) >= 11 is 0. The molecule has 0 radical (unpaired) electrons. The van der Waals surface area contributed by atoms with Crippen molar-refractivity contribution in [3.63, 3.8) is 0 Å². The van der Waals surface area contributed by atoms with Crippen molar-refractivity contribution in [2.75, 3.05) is 7.11 Å². The van der Waals surface area contributed by atoms with Crippen LogP contribution >= 0.6 is 0 Å². The first-order chi connectivity index (χ1) is 10.3. The molecule has 0 bridgehead atoms. The number of Topliss-reactive ketones (excluding diaryl/α,β-unsaturated/α-hetero) is 1. The molecule has 0 saturated heterocycles. The highest BCUT2D eigenvalue weighted by Gasteiger charge is 2.12. The van der Waals surface area contributed by atoms with Crippen LogP contribution in [-0.4, -0.2) is 17.9 Å². The smallest absolute Gasteiger partial charge is 0.165 e. The van der Waals surface area contributed by atoms with Gasteiger partial charge >= 0.3 is 0 Å². The number of benzene rings is 1. The van der Waals surface area contributed by atoms with E-state index in [1.54, 1.807) is 7.11 Å². The molecule has 0 unspecified atom stereocenters. The van der Waals surface area contributed by atoms with Gasteiger partial charge in [0.2, 0.25) is 0 Å². The quantitative estimate of drug-likeness (QED) is 0.514. The summed E-state index contributed by atoms with van der Waals surface area (Å²) in [6.45, 7) is 2.22. The summed E-state index contributed by atoms with van der Waals surface area (Å²) in [4.78, 5) is 15.5. The molecule has 0 aliphatic heterocycles. The summed E-state index contributed by atoms with van der Waals surface area (Å²) in [7, 11) is 1.64. The third kappa shape index (κ3) is 4.10. The highest BCUT2D eigenvalue weighted by atomic mass is 16.5. The van der Waals surface area contributed by atoms with Gasteiger partial charge < -0.3 is 9.72 Å². The summed E-state index contributed by atoms with van der Waals surface area (Å²) in [6, 6.07) is 5.79. The molecule has 114 valence electrons. The number of hydrogen-bond donors (Lipinski definition) is 1. The number of fused-ring (bicyclic) bond motifs is 1. The molecule has 1 aromatic carbocycles. The van der Waals surface area contributed by atoms with E-state index in [4.69, 9.17) is 4.74 Å². The number of rotatable bonds is 9. The number of aromatic amines is 1. The SMILES string of the molecule is CCCCCCCCC(=O)c1c[nH]c2ccc(OC)cc12. The van der Waals surface area contributed by atoms with Crippen LogP contribution < -0.4 is 4.74 Å². The van der Waals surface area contributed by atoms with Gasteiger partial charge in [0.05, 0.1) is 7.11 Å². The molecule has 3 heteroatoms. The fourth-order valence-electron chi connectivity index (χ4n) is 2.66. The van der Waals surface area contributed by atoms with Crippen molar-refractivity contribution < 1.29 is 9.53 Å². The first kappa shape index (κ1) is 15.6. The molecular weight excluding hydrogens is 262 g/mol. The van der Waals surface area contributed by atoms with E-state index in [0.717, 1.165) is 35.1 Å². The normalized spacial score (nSPS) is 11.0. The van der Waals surface area contributed by atoms with Gasteiger partial charge in [0, 0.05) is 29.1 Å². The van der Waals surface area contributed by atoms with Gasteiger partial charge in [0.15, 0.2) is 5.78 Å². The zero-order valence-electron chi connectivity index (χ0n) is 13.1. The van der Waals surface area contributed by atoms with Crippen LogP contribution in [0.3, 0.4) is 0 Å². The van der Waals surface area contributed by atoms with Crippen LogP contribution in [0, 0.1) is 0 Å². The lowest BCUT2D eigenvalue weighted by Gasteiger charge is -2.02. The van der Waals surface area contributed by atoms with Gasteiger partial charge in [0.1, 0.15) is 5.75 Å². The van der Waals surface area contributed by atoms with Crippen LogP contribution in [0.4, 0.5) is 0 Å². The van der Waals surface area contributed by atoms with Crippen molar-refractivity contribution in [2.24, 2.45) is 0 Å². The van der Waals surface area contributed by atoms with Gasteiger partial charge in [-0.05, 0) is 24.6 Å². The van der Waals surface area contributed by atoms with E-state index in [9.17, 15) is 4.79 Å². The lowest BCUT2D eigenvalue weighted by atomic mass is 10.0. The number of carbonyl (C=O) groups is 1. The molecule has 3 nitrogen and oxygen atoms in total. The zero-order valence-corrected chi connectivity index (χ0v) is 13.1. The van der Waals surface area contributed by atoms with Gasteiger partial charge in [-0.2, -0.15) is 0 Å². The largest absolute Gasteiger partial charge is 0.497 e. The van der Waals surface area contributed by atoms with Crippen molar-refractivity contribution in [2.45, 2.75) is 51.9 Å². The fourth-order valence-corrected chi connectivity index (χ4v) is 2.66. The third-order valence-electron chi connectivity index (χ3n) is 3.95. The van der Waals surface area contributed by atoms with Crippen LogP contribution in [-0.2, 0) is 0 Å². The van der Waals surface area contributed by atoms with Crippen LogP contribution in [0.2, 0.25) is 0 Å². The minimum atomic E-state index is 0.227. The second-order valence-electron chi connectivity index (χ2n) is 5.55. The fraction of sp³-hybridized carbons (Fsp3) is 0.500. The number of ketones is 1. The Labute approximate surface area is 126 Å². The molecule has 1 heterocycles. The summed E-state index contributed by atoms with van der Waals surface area (Å²) in [5.41, 5.74) is 1.78. The maximum absolute atomic E-state index is 12.3. The van der Waals surface area contributed by atoms with Gasteiger partial charge in [-0.1, -0.05) is 39.0 Å². The number of ether oxygens (including phenoxy) is 1. The topological polar surface area (TPSA) is 42.1 Å². The number of hydrogen-bond acceptors (Lipinski definition) is 2. The minimum Gasteiger partial charge on any atom is -0.497 e. The maximum atomic E-state index is 12.3. The van der Waals surface area contributed by atoms with E-state index in [-0.39, 0.29) is 5.78 Å². The number of aromatic nitrogens is 1. The predicted octanol–water partition coefficient (Wildman–Crippen LogP) is 5.11. The van der Waals surface area contributed by atoms with Gasteiger partial charge in [-0.25, -0.2) is 0 Å². The lowest BCUT2D eigenvalue weighted by Crippen LogP contribution is -1.98. The summed E-state index contributed by atoms with van der Waals surface area (Å²) in [5, 5.41) is 0.963. The Balaban J connectivity index is 1.93. The molecule has 2 rings (SSSR count). The number of H-pyrrole nitrogens is 1. The van der Waals surface area contributed by atoms with E-state index in [2.05, 4.69) is 11.9 Å². The van der Waals surface area contributed by atoms with E-state index < -0.39 is 0 Å². The minimum absolute atomic E-state index is 0.227. The van der Waals surface area contributed by atoms with Gasteiger partial charge in [0.25, 0.3) is 0 Å². The van der Waals surface area contributed by atoms with E-state index in [1.807, 2.05) is 24.4 Å². The van der Waals surface area contributed by atoms with Gasteiger partial charge in [-0.15, -0.1) is 0 Å². The molecular formula is C18H25NO2. The Morgan fingerprint density at radius 2 is 1.90 bits per heavy atom. The molecule has 0 aliphatic rings. The average molecular weight is 287 g/mol. The lowest BCUT2D eigenvalue weighted by molar-refractivity contribution is 0.0980. The Morgan fingerprint density at radius 3 is 2.67 bits per heavy atom. The van der Waals surface area contributed by atoms with Crippen molar-refractivity contribution in [1.82, 2.24) is 4.98 Å².